The number of benzene rings is 2. The molecule has 2 aliphatic rings. The molecule has 3 amide bonds. The van der Waals surface area contributed by atoms with Crippen molar-refractivity contribution in [1.29, 1.82) is 0 Å². The summed E-state index contributed by atoms with van der Waals surface area (Å²) in [4.78, 5) is 31.1. The van der Waals surface area contributed by atoms with Gasteiger partial charge in [-0.15, -0.1) is 0 Å². The number of para-hydroxylation sites is 1. The summed E-state index contributed by atoms with van der Waals surface area (Å²) in [7, 11) is 0. The molecule has 1 atom stereocenters. The molecular formula is C25H33N4O2+. The normalized spacial score (nSPS) is 19.8. The van der Waals surface area contributed by atoms with Crippen LogP contribution < -0.4 is 10.2 Å². The van der Waals surface area contributed by atoms with Crippen molar-refractivity contribution in [3.8, 4) is 0 Å². The molecule has 2 aliphatic heterocycles. The third kappa shape index (κ3) is 5.64. The van der Waals surface area contributed by atoms with E-state index in [2.05, 4.69) is 36.5 Å². The smallest absolute Gasteiger partial charge is 0.321 e. The number of quaternary nitrogens is 1. The fraction of sp³-hybridized carbons (Fsp3) is 0.440. The Hall–Kier alpha value is -2.86. The predicted molar refractivity (Wildman–Crippen MR) is 122 cm³/mol. The van der Waals surface area contributed by atoms with Crippen molar-refractivity contribution in [3.05, 3.63) is 65.7 Å². The summed E-state index contributed by atoms with van der Waals surface area (Å²) in [5, 5.41) is 2.94. The maximum atomic E-state index is 13.1. The number of hydrogen-bond donors (Lipinski definition) is 2. The zero-order valence-electron chi connectivity index (χ0n) is 18.3. The van der Waals surface area contributed by atoms with Crippen LogP contribution >= 0.6 is 0 Å². The number of hydrogen-bond acceptors (Lipinski definition) is 2. The van der Waals surface area contributed by atoms with E-state index in [1.807, 2.05) is 35.2 Å². The van der Waals surface area contributed by atoms with E-state index < -0.39 is 0 Å². The van der Waals surface area contributed by atoms with Gasteiger partial charge in [-0.2, -0.15) is 0 Å². The molecule has 6 nitrogen and oxygen atoms in total. The highest BCUT2D eigenvalue weighted by molar-refractivity contribution is 5.90. The topological polar surface area (TPSA) is 57.1 Å². The minimum atomic E-state index is -0.115. The quantitative estimate of drug-likeness (QED) is 0.795. The van der Waals surface area contributed by atoms with Crippen LogP contribution in [-0.4, -0.2) is 61.0 Å². The lowest BCUT2D eigenvalue weighted by Crippen LogP contribution is -3.13. The number of amides is 3. The molecule has 31 heavy (non-hydrogen) atoms. The van der Waals surface area contributed by atoms with Gasteiger partial charge in [-0.3, -0.25) is 4.79 Å². The molecule has 2 N–H and O–H groups in total. The first kappa shape index (κ1) is 21.4. The van der Waals surface area contributed by atoms with Crippen molar-refractivity contribution in [2.45, 2.75) is 26.3 Å². The summed E-state index contributed by atoms with van der Waals surface area (Å²) in [6.07, 6.45) is 1.74. The standard InChI is InChI=1S/C25H32N4O2/c1-20-7-5-8-21(17-20)18-27-13-15-28(16-14-27)24(30)22-9-6-12-29(19-22)25(31)26-23-10-3-2-4-11-23/h2-5,7-8,10-11,17,22H,6,9,12-16,18-19H2,1H3,(H,26,31)/p+1/t22-/m1/s1. The third-order valence-corrected chi connectivity index (χ3v) is 6.40. The lowest BCUT2D eigenvalue weighted by atomic mass is 9.96. The largest absolute Gasteiger partial charge is 0.331 e. The molecule has 0 unspecified atom stereocenters. The highest BCUT2D eigenvalue weighted by atomic mass is 16.2. The van der Waals surface area contributed by atoms with Crippen LogP contribution in [0.2, 0.25) is 0 Å². The molecule has 0 aromatic heterocycles. The van der Waals surface area contributed by atoms with Crippen LogP contribution in [0.1, 0.15) is 24.0 Å². The summed E-state index contributed by atoms with van der Waals surface area (Å²) >= 11 is 0. The summed E-state index contributed by atoms with van der Waals surface area (Å²) in [5.74, 6) is 0.125. The molecular weight excluding hydrogens is 388 g/mol. The molecule has 164 valence electrons. The minimum absolute atomic E-state index is 0.0893. The van der Waals surface area contributed by atoms with E-state index in [-0.39, 0.29) is 17.9 Å². The highest BCUT2D eigenvalue weighted by Gasteiger charge is 2.33. The SMILES string of the molecule is Cc1cccc(C[NH+]2CCN(C(=O)[C@@H]3CCCN(C(=O)Nc4ccccc4)C3)CC2)c1. The molecule has 2 fully saturated rings. The Kier molecular flexibility index (Phi) is 6.87. The van der Waals surface area contributed by atoms with Gasteiger partial charge in [-0.25, -0.2) is 4.79 Å². The molecule has 0 bridgehead atoms. The van der Waals surface area contributed by atoms with Crippen LogP contribution in [0.5, 0.6) is 0 Å². The Morgan fingerprint density at radius 3 is 2.52 bits per heavy atom. The van der Waals surface area contributed by atoms with Crippen molar-refractivity contribution in [2.24, 2.45) is 5.92 Å². The van der Waals surface area contributed by atoms with Crippen molar-refractivity contribution >= 4 is 17.6 Å². The Morgan fingerprint density at radius 2 is 1.77 bits per heavy atom. The number of nitrogens with one attached hydrogen (secondary N) is 2. The third-order valence-electron chi connectivity index (χ3n) is 6.40. The summed E-state index contributed by atoms with van der Waals surface area (Å²) in [6.45, 7) is 7.91. The fourth-order valence-electron chi connectivity index (χ4n) is 4.68. The van der Waals surface area contributed by atoms with Gasteiger partial charge in [0.25, 0.3) is 0 Å². The summed E-state index contributed by atoms with van der Waals surface area (Å²) in [5.41, 5.74) is 3.44. The number of likely N-dealkylation sites (tertiary alicyclic amines) is 1. The van der Waals surface area contributed by atoms with Crippen LogP contribution in [0.25, 0.3) is 0 Å². The molecule has 6 heteroatoms. The lowest BCUT2D eigenvalue weighted by molar-refractivity contribution is -0.917. The molecule has 2 aromatic rings. The Bertz CT molecular complexity index is 893. The number of piperidine rings is 1. The summed E-state index contributed by atoms with van der Waals surface area (Å²) < 4.78 is 0. The van der Waals surface area contributed by atoms with Gasteiger partial charge in [-0.05, 0) is 31.9 Å². The molecule has 4 rings (SSSR count). The van der Waals surface area contributed by atoms with Gasteiger partial charge in [0, 0.05) is 24.3 Å². The predicted octanol–water partition coefficient (Wildman–Crippen LogP) is 2.17. The van der Waals surface area contributed by atoms with E-state index in [4.69, 9.17) is 0 Å². The van der Waals surface area contributed by atoms with E-state index in [0.717, 1.165) is 51.3 Å². The van der Waals surface area contributed by atoms with Crippen LogP contribution in [0, 0.1) is 12.8 Å². The molecule has 2 heterocycles. The van der Waals surface area contributed by atoms with Gasteiger partial charge < -0.3 is 20.0 Å². The van der Waals surface area contributed by atoms with E-state index in [9.17, 15) is 9.59 Å². The number of urea groups is 1. The first-order chi connectivity index (χ1) is 15.1. The summed E-state index contributed by atoms with van der Waals surface area (Å²) in [6, 6.07) is 18.1. The second-order valence-corrected chi connectivity index (χ2v) is 8.82. The molecule has 0 spiro atoms. The first-order valence-electron chi connectivity index (χ1n) is 11.4. The number of carbonyl (C=O) groups excluding carboxylic acids is 2. The van der Waals surface area contributed by atoms with Crippen molar-refractivity contribution in [1.82, 2.24) is 9.80 Å². The zero-order chi connectivity index (χ0) is 21.6. The van der Waals surface area contributed by atoms with Crippen molar-refractivity contribution in [2.75, 3.05) is 44.6 Å². The molecule has 0 saturated carbocycles. The lowest BCUT2D eigenvalue weighted by Gasteiger charge is -2.37. The van der Waals surface area contributed by atoms with E-state index in [1.165, 1.54) is 16.0 Å². The first-order valence-corrected chi connectivity index (χ1v) is 11.4. The fourth-order valence-corrected chi connectivity index (χ4v) is 4.68. The van der Waals surface area contributed by atoms with Gasteiger partial charge in [0.1, 0.15) is 6.54 Å². The zero-order valence-corrected chi connectivity index (χ0v) is 18.3. The number of aryl methyl sites for hydroxylation is 1. The Labute approximate surface area is 184 Å². The van der Waals surface area contributed by atoms with E-state index >= 15 is 0 Å². The molecule has 0 radical (unpaired) electrons. The molecule has 2 saturated heterocycles. The molecule has 2 aromatic carbocycles. The minimum Gasteiger partial charge on any atom is -0.331 e. The molecule has 0 aliphatic carbocycles. The van der Waals surface area contributed by atoms with Gasteiger partial charge in [-0.1, -0.05) is 48.0 Å². The van der Waals surface area contributed by atoms with Crippen LogP contribution in [0.15, 0.2) is 54.6 Å². The average molecular weight is 422 g/mol. The van der Waals surface area contributed by atoms with E-state index in [1.54, 1.807) is 4.90 Å². The van der Waals surface area contributed by atoms with Gasteiger partial charge in [0.15, 0.2) is 0 Å². The van der Waals surface area contributed by atoms with Crippen molar-refractivity contribution < 1.29 is 14.5 Å². The van der Waals surface area contributed by atoms with Gasteiger partial charge in [0.05, 0.1) is 32.1 Å². The van der Waals surface area contributed by atoms with Crippen LogP contribution in [-0.2, 0) is 11.3 Å². The maximum Gasteiger partial charge on any atom is 0.321 e. The number of nitrogens with zero attached hydrogens (tertiary/aromatic N) is 2. The van der Waals surface area contributed by atoms with Crippen LogP contribution in [0.4, 0.5) is 10.5 Å². The number of piperazine rings is 1. The number of rotatable bonds is 4. The Morgan fingerprint density at radius 1 is 1.00 bits per heavy atom. The number of carbonyl (C=O) groups is 2. The average Bonchev–Trinajstić information content (AvgIpc) is 2.80. The van der Waals surface area contributed by atoms with Crippen molar-refractivity contribution in [3.63, 3.8) is 0 Å². The highest BCUT2D eigenvalue weighted by Crippen LogP contribution is 2.20. The van der Waals surface area contributed by atoms with Crippen LogP contribution in [0.3, 0.4) is 0 Å². The second-order valence-electron chi connectivity index (χ2n) is 8.82. The maximum absolute atomic E-state index is 13.1. The van der Waals surface area contributed by atoms with Gasteiger partial charge >= 0.3 is 6.03 Å². The van der Waals surface area contributed by atoms with E-state index in [0.29, 0.717) is 13.1 Å². The van der Waals surface area contributed by atoms with Gasteiger partial charge in [0.2, 0.25) is 5.91 Å². The Balaban J connectivity index is 1.27. The second kappa shape index (κ2) is 9.96. The monoisotopic (exact) mass is 421 g/mol. The number of anilines is 1.